The van der Waals surface area contributed by atoms with Gasteiger partial charge in [-0.3, -0.25) is 0 Å². The van der Waals surface area contributed by atoms with E-state index in [4.69, 9.17) is 14.7 Å². The second-order valence-electron chi connectivity index (χ2n) is 4.93. The summed E-state index contributed by atoms with van der Waals surface area (Å²) in [6.45, 7) is 0.493. The Morgan fingerprint density at radius 2 is 2.04 bits per heavy atom. The van der Waals surface area contributed by atoms with E-state index in [-0.39, 0.29) is 0 Å². The van der Waals surface area contributed by atoms with Gasteiger partial charge in [0.15, 0.2) is 17.1 Å². The summed E-state index contributed by atoms with van der Waals surface area (Å²) in [6.07, 6.45) is 3.53. The highest BCUT2D eigenvalue weighted by molar-refractivity contribution is 5.88. The standard InChI is InChI=1S/C16H16N6O2/c1-23-13-5-4-11(8-14(13)24-2)21-15-12-9-20-22(7-3-6-17)16(12)19-10-18-15/h4-5,8-10H,3,7H2,1-2H3,(H,18,19,21). The molecule has 2 heterocycles. The Morgan fingerprint density at radius 3 is 2.79 bits per heavy atom. The summed E-state index contributed by atoms with van der Waals surface area (Å²) in [4.78, 5) is 8.53. The highest BCUT2D eigenvalue weighted by Crippen LogP contribution is 2.31. The number of benzene rings is 1. The van der Waals surface area contributed by atoms with Crippen molar-refractivity contribution in [3.63, 3.8) is 0 Å². The van der Waals surface area contributed by atoms with Crippen LogP contribution in [0.1, 0.15) is 6.42 Å². The predicted octanol–water partition coefficient (Wildman–Crippen LogP) is 2.50. The Balaban J connectivity index is 1.93. The van der Waals surface area contributed by atoms with Gasteiger partial charge in [0.05, 0.1) is 44.8 Å². The average Bonchev–Trinajstić information content (AvgIpc) is 3.04. The van der Waals surface area contributed by atoms with Gasteiger partial charge in [-0.15, -0.1) is 0 Å². The fourth-order valence-corrected chi connectivity index (χ4v) is 2.36. The number of anilines is 2. The van der Waals surface area contributed by atoms with E-state index >= 15 is 0 Å². The molecule has 0 fully saturated rings. The molecule has 3 aromatic rings. The van der Waals surface area contributed by atoms with Crippen molar-refractivity contribution in [1.29, 1.82) is 5.26 Å². The van der Waals surface area contributed by atoms with Crippen LogP contribution in [0.25, 0.3) is 11.0 Å². The zero-order chi connectivity index (χ0) is 16.9. The number of nitrogens with one attached hydrogen (secondary N) is 1. The molecular formula is C16H16N6O2. The van der Waals surface area contributed by atoms with Crippen molar-refractivity contribution in [1.82, 2.24) is 19.7 Å². The molecule has 1 N–H and O–H groups in total. The maximum Gasteiger partial charge on any atom is 0.163 e. The van der Waals surface area contributed by atoms with Gasteiger partial charge in [0.1, 0.15) is 12.1 Å². The molecule has 0 aliphatic rings. The first-order valence-corrected chi connectivity index (χ1v) is 7.29. The van der Waals surface area contributed by atoms with Gasteiger partial charge in [0.2, 0.25) is 0 Å². The first kappa shape index (κ1) is 15.6. The number of hydrogen-bond donors (Lipinski definition) is 1. The van der Waals surface area contributed by atoms with Crippen LogP contribution >= 0.6 is 0 Å². The Hall–Kier alpha value is -3.34. The Bertz CT molecular complexity index is 899. The lowest BCUT2D eigenvalue weighted by molar-refractivity contribution is 0.355. The van der Waals surface area contributed by atoms with Gasteiger partial charge in [-0.25, -0.2) is 14.6 Å². The molecule has 3 rings (SSSR count). The van der Waals surface area contributed by atoms with Crippen LogP contribution in [-0.4, -0.2) is 34.0 Å². The van der Waals surface area contributed by atoms with Gasteiger partial charge in [0.25, 0.3) is 0 Å². The molecular weight excluding hydrogens is 308 g/mol. The molecule has 0 saturated carbocycles. The lowest BCUT2D eigenvalue weighted by Gasteiger charge is -2.11. The fraction of sp³-hybridized carbons (Fsp3) is 0.250. The quantitative estimate of drug-likeness (QED) is 0.744. The number of aromatic nitrogens is 4. The van der Waals surface area contributed by atoms with Crippen LogP contribution in [0.15, 0.2) is 30.7 Å². The van der Waals surface area contributed by atoms with Crippen LogP contribution in [0.3, 0.4) is 0 Å². The van der Waals surface area contributed by atoms with Gasteiger partial charge >= 0.3 is 0 Å². The molecule has 8 heteroatoms. The summed E-state index contributed by atoms with van der Waals surface area (Å²) in [5.74, 6) is 1.91. The molecule has 2 aromatic heterocycles. The Labute approximate surface area is 138 Å². The van der Waals surface area contributed by atoms with E-state index in [1.807, 2.05) is 18.2 Å². The van der Waals surface area contributed by atoms with Gasteiger partial charge in [-0.2, -0.15) is 10.4 Å². The number of fused-ring (bicyclic) bond motifs is 1. The van der Waals surface area contributed by atoms with Crippen LogP contribution in [-0.2, 0) is 6.54 Å². The molecule has 24 heavy (non-hydrogen) atoms. The molecule has 0 amide bonds. The van der Waals surface area contributed by atoms with Crippen LogP contribution in [0.4, 0.5) is 11.5 Å². The number of methoxy groups -OCH3 is 2. The largest absolute Gasteiger partial charge is 0.493 e. The number of ether oxygens (including phenoxy) is 2. The molecule has 0 spiro atoms. The molecule has 0 radical (unpaired) electrons. The van der Waals surface area contributed by atoms with Gasteiger partial charge in [-0.05, 0) is 12.1 Å². The van der Waals surface area contributed by atoms with Crippen molar-refractivity contribution in [3.05, 3.63) is 30.7 Å². The van der Waals surface area contributed by atoms with Crippen LogP contribution < -0.4 is 14.8 Å². The molecule has 0 aliphatic carbocycles. The summed E-state index contributed by atoms with van der Waals surface area (Å²) in [7, 11) is 3.18. The van der Waals surface area contributed by atoms with Gasteiger partial charge in [0, 0.05) is 11.8 Å². The SMILES string of the molecule is COc1ccc(Nc2ncnc3c2cnn3CCC#N)cc1OC. The molecule has 0 aliphatic heterocycles. The summed E-state index contributed by atoms with van der Waals surface area (Å²) in [5.41, 5.74) is 1.49. The normalized spacial score (nSPS) is 10.4. The predicted molar refractivity (Wildman–Crippen MR) is 88.4 cm³/mol. The number of nitrogens with zero attached hydrogens (tertiary/aromatic N) is 5. The minimum atomic E-state index is 0.374. The monoisotopic (exact) mass is 324 g/mol. The summed E-state index contributed by atoms with van der Waals surface area (Å²) in [5, 5.41) is 17.0. The Kier molecular flexibility index (Phi) is 4.43. The zero-order valence-corrected chi connectivity index (χ0v) is 13.4. The second-order valence-corrected chi connectivity index (χ2v) is 4.93. The van der Waals surface area contributed by atoms with Crippen LogP contribution in [0.5, 0.6) is 11.5 Å². The van der Waals surface area contributed by atoms with E-state index in [1.54, 1.807) is 25.1 Å². The van der Waals surface area contributed by atoms with Crippen molar-refractivity contribution in [2.75, 3.05) is 19.5 Å². The third-order valence-corrected chi connectivity index (χ3v) is 3.52. The third-order valence-electron chi connectivity index (χ3n) is 3.52. The average molecular weight is 324 g/mol. The van der Waals surface area contributed by atoms with E-state index < -0.39 is 0 Å². The van der Waals surface area contributed by atoms with Crippen LogP contribution in [0.2, 0.25) is 0 Å². The maximum atomic E-state index is 8.72. The molecule has 8 nitrogen and oxygen atoms in total. The molecule has 1 aromatic carbocycles. The molecule has 0 unspecified atom stereocenters. The summed E-state index contributed by atoms with van der Waals surface area (Å²) >= 11 is 0. The molecule has 0 atom stereocenters. The number of nitriles is 1. The minimum absolute atomic E-state index is 0.374. The highest BCUT2D eigenvalue weighted by atomic mass is 16.5. The first-order chi connectivity index (χ1) is 11.8. The van der Waals surface area contributed by atoms with Crippen molar-refractivity contribution in [3.8, 4) is 17.6 Å². The topological polar surface area (TPSA) is 97.9 Å². The van der Waals surface area contributed by atoms with Crippen molar-refractivity contribution in [2.45, 2.75) is 13.0 Å². The highest BCUT2D eigenvalue weighted by Gasteiger charge is 2.11. The van der Waals surface area contributed by atoms with Crippen LogP contribution in [0, 0.1) is 11.3 Å². The molecule has 0 bridgehead atoms. The lowest BCUT2D eigenvalue weighted by atomic mass is 10.2. The summed E-state index contributed by atoms with van der Waals surface area (Å²) < 4.78 is 12.2. The van der Waals surface area contributed by atoms with E-state index in [0.29, 0.717) is 35.9 Å². The van der Waals surface area contributed by atoms with E-state index in [2.05, 4.69) is 26.5 Å². The molecule has 0 saturated heterocycles. The second kappa shape index (κ2) is 6.83. The number of aryl methyl sites for hydroxylation is 1. The zero-order valence-electron chi connectivity index (χ0n) is 13.4. The number of rotatable bonds is 6. The van der Waals surface area contributed by atoms with Crippen molar-refractivity contribution < 1.29 is 9.47 Å². The smallest absolute Gasteiger partial charge is 0.163 e. The number of hydrogen-bond acceptors (Lipinski definition) is 7. The summed E-state index contributed by atoms with van der Waals surface area (Å²) in [6, 6.07) is 7.62. The van der Waals surface area contributed by atoms with Gasteiger partial charge < -0.3 is 14.8 Å². The van der Waals surface area contributed by atoms with E-state index in [1.165, 1.54) is 6.33 Å². The first-order valence-electron chi connectivity index (χ1n) is 7.29. The maximum absolute atomic E-state index is 8.72. The lowest BCUT2D eigenvalue weighted by Crippen LogP contribution is -2.01. The fourth-order valence-electron chi connectivity index (χ4n) is 2.36. The van der Waals surface area contributed by atoms with Crippen molar-refractivity contribution in [2.24, 2.45) is 0 Å². The van der Waals surface area contributed by atoms with Crippen molar-refractivity contribution >= 4 is 22.5 Å². The van der Waals surface area contributed by atoms with E-state index in [9.17, 15) is 0 Å². The third kappa shape index (κ3) is 2.92. The molecule has 122 valence electrons. The van der Waals surface area contributed by atoms with E-state index in [0.717, 1.165) is 11.1 Å². The van der Waals surface area contributed by atoms with Gasteiger partial charge in [-0.1, -0.05) is 0 Å². The Morgan fingerprint density at radius 1 is 1.21 bits per heavy atom. The minimum Gasteiger partial charge on any atom is -0.493 e.